The van der Waals surface area contributed by atoms with Crippen LogP contribution in [0.1, 0.15) is 22.3 Å². The van der Waals surface area contributed by atoms with Gasteiger partial charge in [0.05, 0.1) is 43.9 Å². The van der Waals surface area contributed by atoms with Gasteiger partial charge in [0.1, 0.15) is 0 Å². The van der Waals surface area contributed by atoms with Crippen LogP contribution in [0.15, 0.2) is 235 Å². The van der Waals surface area contributed by atoms with Crippen molar-refractivity contribution in [2.75, 3.05) is 0 Å². The average Bonchev–Trinajstić information content (AvgIpc) is 2.61. The number of allylic oxidation sites excluding steroid dienone is 4. The molecule has 8 aromatic rings. The molecule has 0 heterocycles. The van der Waals surface area contributed by atoms with Crippen LogP contribution in [0.5, 0.6) is 0 Å². The number of hydrogen-bond donors (Lipinski definition) is 0. The molecule has 0 fully saturated rings. The van der Waals surface area contributed by atoms with Crippen LogP contribution in [-0.2, 0) is 21.6 Å². The Balaban J connectivity index is 0.000000209. The third kappa shape index (κ3) is 24.3. The summed E-state index contributed by atoms with van der Waals surface area (Å²) < 4.78 is 183. The second-order valence-corrected chi connectivity index (χ2v) is 24.8. The summed E-state index contributed by atoms with van der Waals surface area (Å²) in [6, 6.07) is 48.3. The lowest BCUT2D eigenvalue weighted by Crippen LogP contribution is -2.11. The molecule has 8 aromatic carbocycles. The van der Waals surface area contributed by atoms with Crippen molar-refractivity contribution in [2.45, 2.75) is 44.3 Å². The molecule has 0 bridgehead atoms. The molecule has 2 unspecified atom stereocenters. The number of rotatable bonds is 12. The molecule has 8 rings (SSSR count). The van der Waals surface area contributed by atoms with Crippen molar-refractivity contribution < 1.29 is 61.1 Å². The van der Waals surface area contributed by atoms with E-state index in [2.05, 4.69) is 0 Å². The van der Waals surface area contributed by atoms with Crippen LogP contribution >= 0.6 is 116 Å². The highest BCUT2D eigenvalue weighted by atomic mass is 35.5. The maximum atomic E-state index is 13.3. The Morgan fingerprint density at radius 2 is 0.500 bits per heavy atom. The first-order chi connectivity index (χ1) is 40.3. The van der Waals surface area contributed by atoms with E-state index in [4.69, 9.17) is 92.8 Å². The van der Waals surface area contributed by atoms with E-state index >= 15 is 0 Å². The summed E-state index contributed by atoms with van der Waals surface area (Å²) in [4.78, 5) is 1.98. The molecule has 0 saturated carbocycles. The first-order valence-corrected chi connectivity index (χ1v) is 30.8. The van der Waals surface area contributed by atoms with E-state index in [1.54, 1.807) is 97.1 Å². The zero-order chi connectivity index (χ0) is 63.6. The van der Waals surface area contributed by atoms with Gasteiger partial charge in [-0.05, 0) is 154 Å². The Morgan fingerprint density at radius 1 is 0.302 bits per heavy atom. The normalized spacial score (nSPS) is 13.3. The first kappa shape index (κ1) is 71.9. The minimum Gasteiger partial charge on any atom is -0.250 e. The molecule has 86 heavy (non-hydrogen) atoms. The number of halogens is 20. The second kappa shape index (κ2) is 33.1. The van der Waals surface area contributed by atoms with Crippen molar-refractivity contribution in [1.82, 2.24) is 0 Å². The first-order valence-electron chi connectivity index (χ1n) is 23.6. The van der Waals surface area contributed by atoms with Crippen LogP contribution in [0.2, 0.25) is 40.2 Å². The molecule has 0 aromatic heterocycles. The summed E-state index contributed by atoms with van der Waals surface area (Å²) in [5, 5.41) is 4.41. The highest BCUT2D eigenvalue weighted by molar-refractivity contribution is 8.02. The quantitative estimate of drug-likeness (QED) is 0.0902. The fraction of sp³-hybridized carbons (Fsp3) is 0.0667. The van der Waals surface area contributed by atoms with Crippen molar-refractivity contribution in [2.24, 2.45) is 0 Å². The highest BCUT2D eigenvalue weighted by Crippen LogP contribution is 2.42. The third-order valence-corrected chi connectivity index (χ3v) is 16.3. The van der Waals surface area contributed by atoms with Crippen molar-refractivity contribution in [1.29, 1.82) is 0 Å². The minimum atomic E-state index is -4.68. The molecule has 0 N–H and O–H groups in total. The van der Waals surface area contributed by atoms with Gasteiger partial charge < -0.3 is 0 Å². The fourth-order valence-corrected chi connectivity index (χ4v) is 12.6. The van der Waals surface area contributed by atoms with Crippen LogP contribution in [0.25, 0.3) is 22.3 Å². The van der Waals surface area contributed by atoms with E-state index in [0.29, 0.717) is 20.6 Å². The fourth-order valence-electron chi connectivity index (χ4n) is 6.74. The number of alkyl halides is 12. The maximum absolute atomic E-state index is 13.3. The largest absolute Gasteiger partial charge is 0.417 e. The summed E-state index contributed by atoms with van der Waals surface area (Å²) >= 11 is 48.1. The van der Waals surface area contributed by atoms with E-state index in [9.17, 15) is 61.1 Å². The molecule has 0 aliphatic rings. The zero-order valence-electron chi connectivity index (χ0n) is 42.8. The molecule has 0 amide bonds. The van der Waals surface area contributed by atoms with Crippen molar-refractivity contribution in [3.8, 4) is 0 Å². The van der Waals surface area contributed by atoms with Gasteiger partial charge in [-0.3, -0.25) is 0 Å². The predicted octanol–water partition coefficient (Wildman–Crippen LogP) is 24.8. The van der Waals surface area contributed by atoms with Gasteiger partial charge in [0.15, 0.2) is 0 Å². The van der Waals surface area contributed by atoms with Gasteiger partial charge in [0.25, 0.3) is 0 Å². The van der Waals surface area contributed by atoms with E-state index in [-0.39, 0.29) is 72.2 Å². The molecule has 0 spiro atoms. The molecule has 0 aliphatic heterocycles. The van der Waals surface area contributed by atoms with Crippen LogP contribution < -0.4 is 0 Å². The van der Waals surface area contributed by atoms with Gasteiger partial charge >= 0.3 is 24.7 Å². The molecular weight excluding hydrogens is 1390 g/mol. The van der Waals surface area contributed by atoms with Gasteiger partial charge in [-0.2, -0.15) is 52.7 Å². The zero-order valence-corrected chi connectivity index (χ0v) is 52.1. The molecule has 26 heteroatoms. The maximum Gasteiger partial charge on any atom is 0.417 e. The number of hydrogen-bond acceptors (Lipinski definition) is 4. The van der Waals surface area contributed by atoms with Crippen LogP contribution in [0.3, 0.4) is 0 Å². The molecule has 0 radical (unpaired) electrons. The summed E-state index contributed by atoms with van der Waals surface area (Å²) in [6.07, 6.45) is -18.3. The SMILES string of the molecule is FC(F)(F)/C(=C/Sc1ccccc1)c1cc(Cl)cc(Cl)c1.FC(F)(F)/C(=C\Sc1ccccc1)c1cc(Cl)cc(Cl)c1.O=S(/C=C(/c1cc(Cl)cc(Cl)c1)C(F)(F)F)c1ccccc1.O=S(/C=C(\c1cc(Cl)cc(Cl)c1)C(F)(F)F)c1ccccc1. The Morgan fingerprint density at radius 3 is 0.709 bits per heavy atom. The molecular formula is C60H36Cl8F12O2S4. The Kier molecular flexibility index (Phi) is 27.7. The topological polar surface area (TPSA) is 34.1 Å². The third-order valence-electron chi connectivity index (χ3n) is 10.4. The lowest BCUT2D eigenvalue weighted by atomic mass is 10.1. The number of benzene rings is 8. The van der Waals surface area contributed by atoms with Crippen molar-refractivity contribution >= 4 is 160 Å². The van der Waals surface area contributed by atoms with Crippen molar-refractivity contribution in [3.63, 3.8) is 0 Å². The Bertz CT molecular complexity index is 3410. The van der Waals surface area contributed by atoms with E-state index in [1.165, 1.54) is 72.8 Å². The van der Waals surface area contributed by atoms with Gasteiger partial charge in [0, 0.05) is 70.6 Å². The monoisotopic (exact) mass is 1420 g/mol. The molecule has 2 atom stereocenters. The number of thioether (sulfide) groups is 2. The van der Waals surface area contributed by atoms with E-state index in [0.717, 1.165) is 58.6 Å². The Labute approximate surface area is 539 Å². The van der Waals surface area contributed by atoms with Crippen LogP contribution in [-0.4, -0.2) is 33.1 Å². The molecule has 2 nitrogen and oxygen atoms in total. The van der Waals surface area contributed by atoms with Gasteiger partial charge in [0.2, 0.25) is 0 Å². The van der Waals surface area contributed by atoms with E-state index < -0.39 is 68.6 Å². The highest BCUT2D eigenvalue weighted by Gasteiger charge is 2.38. The smallest absolute Gasteiger partial charge is 0.250 e. The van der Waals surface area contributed by atoms with Crippen LogP contribution in [0.4, 0.5) is 52.7 Å². The average molecular weight is 1430 g/mol. The van der Waals surface area contributed by atoms with E-state index in [1.807, 2.05) is 0 Å². The van der Waals surface area contributed by atoms with Crippen molar-refractivity contribution in [3.05, 3.63) is 278 Å². The summed E-state index contributed by atoms with van der Waals surface area (Å²) in [5.74, 6) is 0. The summed E-state index contributed by atoms with van der Waals surface area (Å²) in [5.41, 5.74) is -4.20. The molecule has 0 saturated heterocycles. The van der Waals surface area contributed by atoms with Gasteiger partial charge in [-0.1, -0.05) is 189 Å². The predicted molar refractivity (Wildman–Crippen MR) is 332 cm³/mol. The van der Waals surface area contributed by atoms with Crippen LogP contribution in [0, 0.1) is 0 Å². The second-order valence-electron chi connectivity index (χ2n) is 16.8. The Hall–Kier alpha value is -4.80. The van der Waals surface area contributed by atoms with Gasteiger partial charge in [-0.15, -0.1) is 0 Å². The lowest BCUT2D eigenvalue weighted by molar-refractivity contribution is -0.0696. The lowest BCUT2D eigenvalue weighted by Gasteiger charge is -2.13. The molecule has 452 valence electrons. The minimum absolute atomic E-state index is 0.0524. The summed E-state index contributed by atoms with van der Waals surface area (Å²) in [7, 11) is -3.88. The van der Waals surface area contributed by atoms with Gasteiger partial charge in [-0.25, -0.2) is 8.42 Å². The summed E-state index contributed by atoms with van der Waals surface area (Å²) in [6.45, 7) is 0. The molecule has 0 aliphatic carbocycles. The standard InChI is InChI=1S/2C15H9Cl2F3OS.2C15H9Cl2F3S/c2*16-11-6-10(7-12(17)8-11)14(15(18,19)20)9-22(21)13-4-2-1-3-5-13;2*16-11-6-10(7-12(17)8-11)14(15(18,19)20)9-21-13-4-2-1-3-5-13/h2*1-9H;2*1-9H/b14-9+;14-9-;14-9+;14-9-.